The molecular formula is C24H22ClN3O4. The Morgan fingerprint density at radius 2 is 2.03 bits per heavy atom. The molecule has 1 atom stereocenters. The molecule has 7 nitrogen and oxygen atoms in total. The molecule has 1 unspecified atom stereocenters. The van der Waals surface area contributed by atoms with E-state index >= 15 is 0 Å². The summed E-state index contributed by atoms with van der Waals surface area (Å²) in [6.45, 7) is 1.26. The zero-order valence-corrected chi connectivity index (χ0v) is 18.2. The van der Waals surface area contributed by atoms with Crippen molar-refractivity contribution in [3.8, 4) is 17.4 Å². The monoisotopic (exact) mass is 451 g/mol. The van der Waals surface area contributed by atoms with Crippen molar-refractivity contribution >= 4 is 29.1 Å². The van der Waals surface area contributed by atoms with Gasteiger partial charge in [0.1, 0.15) is 17.6 Å². The summed E-state index contributed by atoms with van der Waals surface area (Å²) in [4.78, 5) is 26.9. The van der Waals surface area contributed by atoms with E-state index in [1.807, 2.05) is 42.5 Å². The van der Waals surface area contributed by atoms with Crippen molar-refractivity contribution in [3.05, 3.63) is 76.9 Å². The second-order valence-electron chi connectivity index (χ2n) is 7.38. The Morgan fingerprint density at radius 1 is 1.19 bits per heavy atom. The minimum atomic E-state index is -0.333. The Balaban J connectivity index is 1.37. The maximum Gasteiger partial charge on any atom is 0.243 e. The molecule has 1 aromatic heterocycles. The number of nitrogens with zero attached hydrogens (tertiary/aromatic N) is 1. The van der Waals surface area contributed by atoms with Crippen LogP contribution in [0.15, 0.2) is 60.8 Å². The summed E-state index contributed by atoms with van der Waals surface area (Å²) < 4.78 is 12.0. The maximum atomic E-state index is 11.8. The highest BCUT2D eigenvalue weighted by Crippen LogP contribution is 2.39. The first-order valence-corrected chi connectivity index (χ1v) is 10.6. The van der Waals surface area contributed by atoms with Gasteiger partial charge in [-0.05, 0) is 48.7 Å². The Morgan fingerprint density at radius 3 is 2.78 bits per heavy atom. The first-order chi connectivity index (χ1) is 15.5. The van der Waals surface area contributed by atoms with Crippen molar-refractivity contribution in [1.82, 2.24) is 10.3 Å². The number of pyridine rings is 1. The van der Waals surface area contributed by atoms with Crippen LogP contribution in [0.1, 0.15) is 30.6 Å². The lowest BCUT2D eigenvalue weighted by Gasteiger charge is -2.27. The van der Waals surface area contributed by atoms with Gasteiger partial charge in [0.15, 0.2) is 0 Å². The molecule has 8 heteroatoms. The number of aryl methyl sites for hydroxylation is 1. The molecule has 0 spiro atoms. The van der Waals surface area contributed by atoms with Gasteiger partial charge in [-0.2, -0.15) is 0 Å². The lowest BCUT2D eigenvalue weighted by Crippen LogP contribution is -2.31. The number of ether oxygens (including phenoxy) is 2. The quantitative estimate of drug-likeness (QED) is 0.568. The van der Waals surface area contributed by atoms with Crippen LogP contribution in [0.5, 0.6) is 17.4 Å². The molecule has 0 aliphatic carbocycles. The van der Waals surface area contributed by atoms with Crippen molar-refractivity contribution in [3.63, 3.8) is 0 Å². The number of carbonyl (C=O) groups is 2. The molecule has 32 heavy (non-hydrogen) atoms. The highest BCUT2D eigenvalue weighted by molar-refractivity contribution is 6.31. The van der Waals surface area contributed by atoms with Crippen molar-refractivity contribution in [1.29, 1.82) is 0 Å². The molecule has 0 saturated heterocycles. The number of hydrogen-bond donors (Lipinski definition) is 2. The third-order valence-corrected chi connectivity index (χ3v) is 5.31. The third kappa shape index (κ3) is 5.36. The number of carbonyl (C=O) groups excluding carboxylic acids is 2. The fourth-order valence-electron chi connectivity index (χ4n) is 3.43. The molecule has 164 valence electrons. The van der Waals surface area contributed by atoms with Gasteiger partial charge in [0.25, 0.3) is 0 Å². The van der Waals surface area contributed by atoms with Crippen LogP contribution in [-0.2, 0) is 16.0 Å². The van der Waals surface area contributed by atoms with Crippen LogP contribution in [0.25, 0.3) is 0 Å². The molecule has 0 saturated carbocycles. The SMILES string of the molecule is CC(=O)NCC(=O)Nc1ccc(Oc2ccc3c(c2)CCC(c2ccccc2Cl)O3)nc1. The van der Waals surface area contributed by atoms with Crippen LogP contribution in [0, 0.1) is 0 Å². The minimum absolute atomic E-state index is 0.0713. The Kier molecular flexibility index (Phi) is 6.56. The number of rotatable bonds is 6. The van der Waals surface area contributed by atoms with Crippen LogP contribution in [0.3, 0.4) is 0 Å². The van der Waals surface area contributed by atoms with Gasteiger partial charge in [0, 0.05) is 23.6 Å². The lowest BCUT2D eigenvalue weighted by atomic mass is 9.97. The second-order valence-corrected chi connectivity index (χ2v) is 7.79. The summed E-state index contributed by atoms with van der Waals surface area (Å²) in [6.07, 6.45) is 3.09. The van der Waals surface area contributed by atoms with E-state index in [1.54, 1.807) is 12.1 Å². The summed E-state index contributed by atoms with van der Waals surface area (Å²) >= 11 is 6.32. The largest absolute Gasteiger partial charge is 0.485 e. The maximum absolute atomic E-state index is 11.8. The number of benzene rings is 2. The van der Waals surface area contributed by atoms with Gasteiger partial charge in [-0.25, -0.2) is 4.98 Å². The molecule has 2 aromatic carbocycles. The highest BCUT2D eigenvalue weighted by Gasteiger charge is 2.23. The van der Waals surface area contributed by atoms with Crippen molar-refractivity contribution in [2.75, 3.05) is 11.9 Å². The molecule has 0 bridgehead atoms. The van der Waals surface area contributed by atoms with Gasteiger partial charge in [-0.1, -0.05) is 29.8 Å². The Hall–Kier alpha value is -3.58. The standard InChI is InChI=1S/C24H22ClN3O4/c1-15(29)26-14-23(30)28-17-7-11-24(27-13-17)31-18-8-10-21-16(12-18)6-9-22(32-21)19-4-2-3-5-20(19)25/h2-5,7-8,10-13,22H,6,9,14H2,1H3,(H,26,29)(H,28,30). The summed E-state index contributed by atoms with van der Waals surface area (Å²) in [6, 6.07) is 16.8. The average Bonchev–Trinajstić information content (AvgIpc) is 2.79. The normalized spacial score (nSPS) is 14.6. The zero-order valence-electron chi connectivity index (χ0n) is 17.4. The van der Waals surface area contributed by atoms with Crippen LogP contribution < -0.4 is 20.1 Å². The number of anilines is 1. The fraction of sp³-hybridized carbons (Fsp3) is 0.208. The van der Waals surface area contributed by atoms with Gasteiger partial charge < -0.3 is 20.1 Å². The summed E-state index contributed by atoms with van der Waals surface area (Å²) in [7, 11) is 0. The van der Waals surface area contributed by atoms with Crippen molar-refractivity contribution in [2.45, 2.75) is 25.9 Å². The van der Waals surface area contributed by atoms with E-state index in [1.165, 1.54) is 13.1 Å². The first-order valence-electron chi connectivity index (χ1n) is 10.2. The van der Waals surface area contributed by atoms with E-state index in [2.05, 4.69) is 15.6 Å². The predicted octanol–water partition coefficient (Wildman–Crippen LogP) is 4.67. The second kappa shape index (κ2) is 9.70. The summed E-state index contributed by atoms with van der Waals surface area (Å²) in [5.41, 5.74) is 2.57. The molecule has 2 N–H and O–H groups in total. The minimum Gasteiger partial charge on any atom is -0.485 e. The Bertz CT molecular complexity index is 1130. The molecule has 1 aliphatic heterocycles. The number of aromatic nitrogens is 1. The number of hydrogen-bond acceptors (Lipinski definition) is 5. The van der Waals surface area contributed by atoms with Crippen LogP contribution in [0.4, 0.5) is 5.69 Å². The van der Waals surface area contributed by atoms with E-state index in [9.17, 15) is 9.59 Å². The predicted molar refractivity (Wildman–Crippen MR) is 121 cm³/mol. The van der Waals surface area contributed by atoms with E-state index < -0.39 is 0 Å². The van der Waals surface area contributed by atoms with E-state index in [0.717, 1.165) is 29.7 Å². The van der Waals surface area contributed by atoms with Gasteiger partial charge in [-0.3, -0.25) is 9.59 Å². The topological polar surface area (TPSA) is 89.6 Å². The van der Waals surface area contributed by atoms with Gasteiger partial charge in [-0.15, -0.1) is 0 Å². The molecule has 0 radical (unpaired) electrons. The molecule has 2 heterocycles. The molecule has 0 fully saturated rings. The third-order valence-electron chi connectivity index (χ3n) is 4.97. The molecular weight excluding hydrogens is 430 g/mol. The van der Waals surface area contributed by atoms with Crippen molar-refractivity contribution in [2.24, 2.45) is 0 Å². The summed E-state index contributed by atoms with van der Waals surface area (Å²) in [5, 5.41) is 5.80. The highest BCUT2D eigenvalue weighted by atomic mass is 35.5. The van der Waals surface area contributed by atoms with Gasteiger partial charge in [0.05, 0.1) is 18.4 Å². The van der Waals surface area contributed by atoms with Crippen LogP contribution in [0.2, 0.25) is 5.02 Å². The average molecular weight is 452 g/mol. The van der Waals surface area contributed by atoms with E-state index in [0.29, 0.717) is 22.3 Å². The number of halogens is 1. The van der Waals surface area contributed by atoms with Crippen LogP contribution >= 0.6 is 11.6 Å². The Labute approximate surface area is 190 Å². The van der Waals surface area contributed by atoms with Crippen LogP contribution in [-0.4, -0.2) is 23.3 Å². The molecule has 3 aromatic rings. The van der Waals surface area contributed by atoms with Gasteiger partial charge >= 0.3 is 0 Å². The first kappa shape index (κ1) is 21.6. The smallest absolute Gasteiger partial charge is 0.243 e. The fourth-order valence-corrected chi connectivity index (χ4v) is 3.69. The van der Waals surface area contributed by atoms with Crippen molar-refractivity contribution < 1.29 is 19.1 Å². The molecule has 2 amide bonds. The van der Waals surface area contributed by atoms with Gasteiger partial charge in [0.2, 0.25) is 17.7 Å². The van der Waals surface area contributed by atoms with E-state index in [-0.39, 0.29) is 24.5 Å². The van der Waals surface area contributed by atoms with E-state index in [4.69, 9.17) is 21.1 Å². The number of amides is 2. The molecule has 4 rings (SSSR count). The lowest BCUT2D eigenvalue weighted by molar-refractivity contribution is -0.122. The summed E-state index contributed by atoms with van der Waals surface area (Å²) in [5.74, 6) is 1.27. The molecule has 1 aliphatic rings. The zero-order chi connectivity index (χ0) is 22.5. The number of fused-ring (bicyclic) bond motifs is 1. The number of nitrogens with one attached hydrogen (secondary N) is 2.